The maximum Gasteiger partial charge on any atom is 0.0446 e. The van der Waals surface area contributed by atoms with Crippen molar-refractivity contribution in [1.82, 2.24) is 0 Å². The van der Waals surface area contributed by atoms with Crippen LogP contribution < -0.4 is 0 Å². The number of nitrogens with zero attached hydrogens (tertiary/aromatic N) is 1. The van der Waals surface area contributed by atoms with Gasteiger partial charge in [0.2, 0.25) is 0 Å². The summed E-state index contributed by atoms with van der Waals surface area (Å²) in [5, 5.41) is 0. The summed E-state index contributed by atoms with van der Waals surface area (Å²) in [7, 11) is 0.905. The highest BCUT2D eigenvalue weighted by Gasteiger charge is 1.96. The molecule has 1 unspecified atom stereocenters. The van der Waals surface area contributed by atoms with Gasteiger partial charge in [0.05, 0.1) is 0 Å². The minimum atomic E-state index is 0.464. The van der Waals surface area contributed by atoms with Crippen molar-refractivity contribution in [2.75, 3.05) is 0 Å². The van der Waals surface area contributed by atoms with Gasteiger partial charge in [-0.3, -0.25) is 4.99 Å². The van der Waals surface area contributed by atoms with E-state index in [1.165, 1.54) is 5.45 Å². The lowest BCUT2D eigenvalue weighted by molar-refractivity contribution is 0.838. The van der Waals surface area contributed by atoms with Crippen LogP contribution in [0.3, 0.4) is 0 Å². The van der Waals surface area contributed by atoms with Gasteiger partial charge in [-0.1, -0.05) is 22.4 Å². The van der Waals surface area contributed by atoms with Crippen LogP contribution in [0.5, 0.6) is 0 Å². The molecule has 10 heavy (non-hydrogen) atoms. The van der Waals surface area contributed by atoms with Crippen LogP contribution in [0.2, 0.25) is 0 Å². The molecule has 0 heterocycles. The maximum absolute atomic E-state index is 4.45. The molecule has 0 aliphatic carbocycles. The van der Waals surface area contributed by atoms with Crippen molar-refractivity contribution in [3.63, 3.8) is 0 Å². The number of hydrogen-bond donors (Lipinski definition) is 0. The van der Waals surface area contributed by atoms with Crippen molar-refractivity contribution < 1.29 is 0 Å². The fourth-order valence-corrected chi connectivity index (χ4v) is 2.01. The van der Waals surface area contributed by atoms with Crippen LogP contribution in [0.1, 0.15) is 34.6 Å². The third kappa shape index (κ3) is 6.22. The predicted molar refractivity (Wildman–Crippen MR) is 51.7 cm³/mol. The Morgan fingerprint density at radius 2 is 1.70 bits per heavy atom. The van der Waals surface area contributed by atoms with Crippen molar-refractivity contribution in [3.8, 4) is 0 Å². The molecule has 0 saturated heterocycles. The lowest BCUT2D eigenvalue weighted by atomic mass is 10.4. The Labute approximate surface area is 66.1 Å². The monoisotopic (exact) mass is 159 g/mol. The fraction of sp³-hybridized carbons (Fsp3) is 0.875. The molecule has 0 aromatic heterocycles. The second-order valence-corrected chi connectivity index (χ2v) is 5.27. The Balaban J connectivity index is 3.71. The van der Waals surface area contributed by atoms with Crippen molar-refractivity contribution in [2.45, 2.75) is 46.3 Å². The van der Waals surface area contributed by atoms with Crippen LogP contribution in [0.15, 0.2) is 4.99 Å². The zero-order valence-electron chi connectivity index (χ0n) is 7.60. The standard InChI is InChI=1S/C8H18NP/c1-6(2)9-8(5)10-7(3)4/h6-7,10H,1-5H3. The molecule has 60 valence electrons. The average Bonchev–Trinajstić information content (AvgIpc) is 1.58. The van der Waals surface area contributed by atoms with E-state index in [1.807, 2.05) is 0 Å². The molecule has 0 fully saturated rings. The van der Waals surface area contributed by atoms with Crippen LogP contribution in [0.4, 0.5) is 0 Å². The zero-order valence-corrected chi connectivity index (χ0v) is 8.60. The molecular formula is C8H18NP. The molecule has 2 heteroatoms. The smallest absolute Gasteiger partial charge is 0.0446 e. The van der Waals surface area contributed by atoms with Gasteiger partial charge < -0.3 is 0 Å². The summed E-state index contributed by atoms with van der Waals surface area (Å²) in [5.74, 6) is 0. The normalized spacial score (nSPS) is 14.5. The van der Waals surface area contributed by atoms with E-state index in [1.54, 1.807) is 0 Å². The summed E-state index contributed by atoms with van der Waals surface area (Å²) in [6, 6.07) is 0.464. The van der Waals surface area contributed by atoms with E-state index in [0.29, 0.717) is 6.04 Å². The van der Waals surface area contributed by atoms with Crippen molar-refractivity contribution in [2.24, 2.45) is 4.99 Å². The molecule has 0 aromatic carbocycles. The summed E-state index contributed by atoms with van der Waals surface area (Å²) < 4.78 is 0. The van der Waals surface area contributed by atoms with Crippen LogP contribution in [0.25, 0.3) is 0 Å². The van der Waals surface area contributed by atoms with E-state index < -0.39 is 0 Å². The second kappa shape index (κ2) is 4.85. The molecule has 0 amide bonds. The Morgan fingerprint density at radius 3 is 2.00 bits per heavy atom. The summed E-state index contributed by atoms with van der Waals surface area (Å²) in [6.07, 6.45) is 0. The summed E-state index contributed by atoms with van der Waals surface area (Å²) in [5.41, 5.74) is 2.08. The first-order valence-electron chi connectivity index (χ1n) is 3.83. The van der Waals surface area contributed by atoms with E-state index in [9.17, 15) is 0 Å². The van der Waals surface area contributed by atoms with Gasteiger partial charge in [-0.2, -0.15) is 0 Å². The lowest BCUT2D eigenvalue weighted by Crippen LogP contribution is -1.96. The molecule has 0 aromatic rings. The molecule has 0 radical (unpaired) electrons. The minimum Gasteiger partial charge on any atom is -0.287 e. The molecule has 0 bridgehead atoms. The third-order valence-electron chi connectivity index (χ3n) is 0.949. The first-order chi connectivity index (χ1) is 4.52. The number of rotatable bonds is 3. The number of aliphatic imine (C=N–C) groups is 1. The van der Waals surface area contributed by atoms with E-state index in [2.05, 4.69) is 39.6 Å². The van der Waals surface area contributed by atoms with Gasteiger partial charge >= 0.3 is 0 Å². The Morgan fingerprint density at radius 1 is 1.20 bits per heavy atom. The van der Waals surface area contributed by atoms with Crippen LogP contribution in [-0.2, 0) is 0 Å². The second-order valence-electron chi connectivity index (χ2n) is 3.11. The number of hydrogen-bond acceptors (Lipinski definition) is 1. The van der Waals surface area contributed by atoms with Gasteiger partial charge in [-0.25, -0.2) is 0 Å². The van der Waals surface area contributed by atoms with Gasteiger partial charge in [0.25, 0.3) is 0 Å². The summed E-state index contributed by atoms with van der Waals surface area (Å²) >= 11 is 0. The summed E-state index contributed by atoms with van der Waals surface area (Å²) in [6.45, 7) is 10.8. The maximum atomic E-state index is 4.45. The van der Waals surface area contributed by atoms with Crippen molar-refractivity contribution in [3.05, 3.63) is 0 Å². The van der Waals surface area contributed by atoms with Crippen molar-refractivity contribution in [1.29, 1.82) is 0 Å². The Kier molecular flexibility index (Phi) is 4.89. The molecular weight excluding hydrogens is 141 g/mol. The van der Waals surface area contributed by atoms with Crippen LogP contribution in [-0.4, -0.2) is 17.2 Å². The highest BCUT2D eigenvalue weighted by molar-refractivity contribution is 7.58. The van der Waals surface area contributed by atoms with E-state index >= 15 is 0 Å². The molecule has 1 nitrogen and oxygen atoms in total. The highest BCUT2D eigenvalue weighted by atomic mass is 31.1. The van der Waals surface area contributed by atoms with E-state index in [4.69, 9.17) is 0 Å². The van der Waals surface area contributed by atoms with Crippen LogP contribution >= 0.6 is 8.58 Å². The molecule has 1 atom stereocenters. The first-order valence-corrected chi connectivity index (χ1v) is 4.91. The SMILES string of the molecule is CC(=NC(C)C)PC(C)C. The van der Waals surface area contributed by atoms with Gasteiger partial charge in [0.1, 0.15) is 0 Å². The molecule has 0 N–H and O–H groups in total. The molecule has 0 saturated carbocycles. The fourth-order valence-electron chi connectivity index (χ4n) is 0.842. The quantitative estimate of drug-likeness (QED) is 0.443. The molecule has 0 aliphatic rings. The molecule has 0 spiro atoms. The average molecular weight is 159 g/mol. The van der Waals surface area contributed by atoms with Gasteiger partial charge in [-0.15, -0.1) is 0 Å². The van der Waals surface area contributed by atoms with Gasteiger partial charge in [0.15, 0.2) is 0 Å². The largest absolute Gasteiger partial charge is 0.287 e. The Bertz CT molecular complexity index is 116. The van der Waals surface area contributed by atoms with E-state index in [0.717, 1.165) is 14.2 Å². The predicted octanol–water partition coefficient (Wildman–Crippen LogP) is 2.90. The Hall–Kier alpha value is 0.100. The highest BCUT2D eigenvalue weighted by Crippen LogP contribution is 2.20. The zero-order chi connectivity index (χ0) is 8.15. The third-order valence-corrected chi connectivity index (χ3v) is 2.07. The summed E-state index contributed by atoms with van der Waals surface area (Å²) in [4.78, 5) is 4.45. The van der Waals surface area contributed by atoms with Crippen molar-refractivity contribution >= 4 is 14.0 Å². The first kappa shape index (κ1) is 10.1. The van der Waals surface area contributed by atoms with Gasteiger partial charge in [0, 0.05) is 11.5 Å². The van der Waals surface area contributed by atoms with E-state index in [-0.39, 0.29) is 0 Å². The molecule has 0 aliphatic heterocycles. The topological polar surface area (TPSA) is 12.4 Å². The van der Waals surface area contributed by atoms with Gasteiger partial charge in [-0.05, 0) is 26.4 Å². The molecule has 0 rings (SSSR count). The minimum absolute atomic E-state index is 0.464. The van der Waals surface area contributed by atoms with Crippen LogP contribution in [0, 0.1) is 0 Å². The lowest BCUT2D eigenvalue weighted by Gasteiger charge is -2.05.